The molecule has 178 valence electrons. The van der Waals surface area contributed by atoms with Crippen molar-refractivity contribution < 1.29 is 32.2 Å². The number of alkyl halides is 2. The molecule has 1 aromatic heterocycles. The minimum absolute atomic E-state index is 0.0219. The molecule has 3 aromatic rings. The molecule has 4 rings (SSSR count). The van der Waals surface area contributed by atoms with E-state index in [0.29, 0.717) is 18.5 Å². The molecule has 0 saturated heterocycles. The van der Waals surface area contributed by atoms with Gasteiger partial charge in [0.2, 0.25) is 0 Å². The summed E-state index contributed by atoms with van der Waals surface area (Å²) in [6.45, 7) is -1.69. The molecule has 1 amide bonds. The van der Waals surface area contributed by atoms with E-state index in [1.807, 2.05) is 0 Å². The second-order valence-electron chi connectivity index (χ2n) is 7.78. The molecule has 1 heterocycles. The molecule has 0 bridgehead atoms. The number of nitrogens with one attached hydrogen (secondary N) is 1. The number of carbonyl (C=O) groups is 2. The molecule has 1 atom stereocenters. The fourth-order valence-electron chi connectivity index (χ4n) is 3.83. The van der Waals surface area contributed by atoms with Gasteiger partial charge in [0, 0.05) is 11.3 Å². The monoisotopic (exact) mass is 473 g/mol. The first-order valence-corrected chi connectivity index (χ1v) is 10.8. The molecule has 1 unspecified atom stereocenters. The summed E-state index contributed by atoms with van der Waals surface area (Å²) in [6, 6.07) is 11.5. The molecule has 0 aliphatic heterocycles. The van der Waals surface area contributed by atoms with Crippen LogP contribution in [-0.2, 0) is 22.4 Å². The second-order valence-corrected chi connectivity index (χ2v) is 7.78. The Morgan fingerprint density at radius 1 is 1.06 bits per heavy atom. The highest BCUT2D eigenvalue weighted by Crippen LogP contribution is 2.28. The van der Waals surface area contributed by atoms with E-state index in [-0.39, 0.29) is 22.9 Å². The van der Waals surface area contributed by atoms with Gasteiger partial charge < -0.3 is 14.8 Å². The Morgan fingerprint density at radius 3 is 2.50 bits per heavy atom. The van der Waals surface area contributed by atoms with Gasteiger partial charge in [0.1, 0.15) is 11.6 Å². The molecule has 0 fully saturated rings. The van der Waals surface area contributed by atoms with Crippen molar-refractivity contribution in [3.8, 4) is 11.4 Å². The summed E-state index contributed by atoms with van der Waals surface area (Å²) in [4.78, 5) is 25.5. The maximum Gasteiger partial charge on any atom is 0.387 e. The number of benzene rings is 2. The molecule has 10 heteroatoms. The third-order valence-corrected chi connectivity index (χ3v) is 5.46. The molecule has 0 radical (unpaired) electrons. The molecule has 0 saturated carbocycles. The van der Waals surface area contributed by atoms with Gasteiger partial charge in [0.05, 0.1) is 11.4 Å². The number of amides is 1. The Kier molecular flexibility index (Phi) is 6.85. The number of hydrogen-bond acceptors (Lipinski definition) is 5. The molecule has 1 aliphatic carbocycles. The van der Waals surface area contributed by atoms with Crippen LogP contribution in [0.3, 0.4) is 0 Å². The quantitative estimate of drug-likeness (QED) is 0.504. The van der Waals surface area contributed by atoms with Crippen molar-refractivity contribution in [2.24, 2.45) is 0 Å². The zero-order chi connectivity index (χ0) is 24.2. The van der Waals surface area contributed by atoms with E-state index in [2.05, 4.69) is 15.2 Å². The number of ether oxygens (including phenoxy) is 2. The number of para-hydroxylation sites is 2. The Labute approximate surface area is 193 Å². The number of rotatable bonds is 7. The summed E-state index contributed by atoms with van der Waals surface area (Å²) < 4.78 is 49.9. The maximum atomic E-state index is 13.4. The van der Waals surface area contributed by atoms with Crippen molar-refractivity contribution in [1.29, 1.82) is 0 Å². The normalized spacial score (nSPS) is 13.8. The second kappa shape index (κ2) is 9.98. The first kappa shape index (κ1) is 23.3. The summed E-state index contributed by atoms with van der Waals surface area (Å²) in [6.07, 6.45) is 1.89. The number of carbonyl (C=O) groups excluding carboxylic acids is 2. The van der Waals surface area contributed by atoms with Gasteiger partial charge in [0.25, 0.3) is 5.91 Å². The summed E-state index contributed by atoms with van der Waals surface area (Å²) in [5.74, 6) is -2.09. The predicted octanol–water partition coefficient (Wildman–Crippen LogP) is 4.68. The van der Waals surface area contributed by atoms with Crippen molar-refractivity contribution in [2.45, 2.75) is 45.3 Å². The summed E-state index contributed by atoms with van der Waals surface area (Å²) in [5, 5.41) is 6.85. The van der Waals surface area contributed by atoms with Crippen LogP contribution >= 0.6 is 0 Å². The van der Waals surface area contributed by atoms with E-state index in [4.69, 9.17) is 4.74 Å². The number of esters is 1. The Balaban J connectivity index is 1.52. The maximum absolute atomic E-state index is 13.4. The van der Waals surface area contributed by atoms with E-state index in [1.165, 1.54) is 37.3 Å². The largest absolute Gasteiger partial charge is 0.448 e. The highest BCUT2D eigenvalue weighted by Gasteiger charge is 2.29. The topological polar surface area (TPSA) is 82.5 Å². The van der Waals surface area contributed by atoms with Crippen molar-refractivity contribution in [1.82, 2.24) is 9.78 Å². The van der Waals surface area contributed by atoms with Crippen molar-refractivity contribution in [3.63, 3.8) is 0 Å². The third-order valence-electron chi connectivity index (χ3n) is 5.46. The van der Waals surface area contributed by atoms with Crippen LogP contribution in [0.25, 0.3) is 5.69 Å². The minimum atomic E-state index is -3.06. The van der Waals surface area contributed by atoms with Gasteiger partial charge in [-0.25, -0.2) is 13.9 Å². The van der Waals surface area contributed by atoms with Crippen LogP contribution in [-0.4, -0.2) is 34.4 Å². The van der Waals surface area contributed by atoms with E-state index in [1.54, 1.807) is 22.9 Å². The van der Waals surface area contributed by atoms with Crippen molar-refractivity contribution in [3.05, 3.63) is 71.3 Å². The predicted molar refractivity (Wildman–Crippen MR) is 117 cm³/mol. The van der Waals surface area contributed by atoms with Crippen LogP contribution in [0, 0.1) is 5.82 Å². The molecule has 2 aromatic carbocycles. The summed E-state index contributed by atoms with van der Waals surface area (Å²) in [7, 11) is 0. The zero-order valence-corrected chi connectivity index (χ0v) is 18.3. The summed E-state index contributed by atoms with van der Waals surface area (Å²) in [5.41, 5.74) is 2.32. The highest BCUT2D eigenvalue weighted by molar-refractivity contribution is 5.98. The lowest BCUT2D eigenvalue weighted by Gasteiger charge is -2.16. The van der Waals surface area contributed by atoms with Crippen LogP contribution in [0.1, 0.15) is 41.5 Å². The minimum Gasteiger partial charge on any atom is -0.448 e. The van der Waals surface area contributed by atoms with E-state index < -0.39 is 24.6 Å². The van der Waals surface area contributed by atoms with Gasteiger partial charge in [0.15, 0.2) is 11.8 Å². The van der Waals surface area contributed by atoms with Gasteiger partial charge in [-0.05, 0) is 69.0 Å². The van der Waals surface area contributed by atoms with Gasteiger partial charge in [-0.1, -0.05) is 12.1 Å². The lowest BCUT2D eigenvalue weighted by Crippen LogP contribution is -2.30. The SMILES string of the molecule is CC(OC(=O)c1nn(-c2ccc(F)cc2)c2c1CCCC2)C(=O)Nc1ccccc1OC(F)F. The van der Waals surface area contributed by atoms with Crippen LogP contribution in [0.5, 0.6) is 5.75 Å². The van der Waals surface area contributed by atoms with Crippen molar-refractivity contribution in [2.75, 3.05) is 5.32 Å². The van der Waals surface area contributed by atoms with Gasteiger partial charge in [-0.3, -0.25) is 4.79 Å². The zero-order valence-electron chi connectivity index (χ0n) is 18.3. The number of aromatic nitrogens is 2. The Bertz CT molecular complexity index is 1190. The number of nitrogens with zero attached hydrogens (tertiary/aromatic N) is 2. The van der Waals surface area contributed by atoms with Crippen LogP contribution in [0.15, 0.2) is 48.5 Å². The van der Waals surface area contributed by atoms with Crippen LogP contribution in [0.4, 0.5) is 18.9 Å². The average molecular weight is 473 g/mol. The van der Waals surface area contributed by atoms with Gasteiger partial charge in [-0.15, -0.1) is 0 Å². The van der Waals surface area contributed by atoms with Crippen LogP contribution < -0.4 is 10.1 Å². The fourth-order valence-corrected chi connectivity index (χ4v) is 3.83. The number of anilines is 1. The lowest BCUT2D eigenvalue weighted by atomic mass is 9.95. The first-order chi connectivity index (χ1) is 16.3. The molecule has 7 nitrogen and oxygen atoms in total. The standard InChI is InChI=1S/C24H22F3N3O4/c1-14(22(31)28-18-7-3-5-9-20(18)34-24(26)27)33-23(32)21-17-6-2-4-8-19(17)30(29-21)16-12-10-15(25)11-13-16/h3,5,7,9-14,24H,2,4,6,8H2,1H3,(H,28,31). The van der Waals surface area contributed by atoms with E-state index in [0.717, 1.165) is 24.1 Å². The molecule has 1 aliphatic rings. The number of hydrogen-bond donors (Lipinski definition) is 1. The molecular formula is C24H22F3N3O4. The highest BCUT2D eigenvalue weighted by atomic mass is 19.3. The van der Waals surface area contributed by atoms with Crippen molar-refractivity contribution >= 4 is 17.6 Å². The van der Waals surface area contributed by atoms with E-state index in [9.17, 15) is 22.8 Å². The van der Waals surface area contributed by atoms with Gasteiger partial charge >= 0.3 is 12.6 Å². The first-order valence-electron chi connectivity index (χ1n) is 10.8. The molecule has 34 heavy (non-hydrogen) atoms. The van der Waals surface area contributed by atoms with E-state index >= 15 is 0 Å². The Morgan fingerprint density at radius 2 is 1.76 bits per heavy atom. The molecule has 1 N–H and O–H groups in total. The number of fused-ring (bicyclic) bond motifs is 1. The van der Waals surface area contributed by atoms with Crippen LogP contribution in [0.2, 0.25) is 0 Å². The summed E-state index contributed by atoms with van der Waals surface area (Å²) >= 11 is 0. The third kappa shape index (κ3) is 5.05. The Hall–Kier alpha value is -3.82. The lowest BCUT2D eigenvalue weighted by molar-refractivity contribution is -0.123. The van der Waals surface area contributed by atoms with Gasteiger partial charge in [-0.2, -0.15) is 13.9 Å². The number of halogens is 3. The fraction of sp³-hybridized carbons (Fsp3) is 0.292. The molecule has 0 spiro atoms. The molecular weight excluding hydrogens is 451 g/mol. The average Bonchev–Trinajstić information content (AvgIpc) is 3.20. The smallest absolute Gasteiger partial charge is 0.387 e.